The maximum atomic E-state index is 5.58. The van der Waals surface area contributed by atoms with E-state index in [1.807, 2.05) is 6.26 Å². The first-order chi connectivity index (χ1) is 8.08. The first-order valence-corrected chi connectivity index (χ1v) is 6.31. The molecule has 0 aliphatic rings. The molecule has 1 aromatic heterocycles. The zero-order chi connectivity index (χ0) is 12.4. The Morgan fingerprint density at radius 1 is 1.18 bits per heavy atom. The Hall–Kier alpha value is -1.28. The van der Waals surface area contributed by atoms with E-state index in [4.69, 9.17) is 4.42 Å². The van der Waals surface area contributed by atoms with Gasteiger partial charge in [0.1, 0.15) is 5.58 Å². The molecule has 92 valence electrons. The van der Waals surface area contributed by atoms with Gasteiger partial charge < -0.3 is 9.73 Å². The lowest BCUT2D eigenvalue weighted by Crippen LogP contribution is -2.21. The van der Waals surface area contributed by atoms with E-state index in [-0.39, 0.29) is 0 Å². The highest BCUT2D eigenvalue weighted by Gasteiger charge is 2.08. The van der Waals surface area contributed by atoms with E-state index in [1.165, 1.54) is 16.5 Å². The fourth-order valence-electron chi connectivity index (χ4n) is 1.91. The summed E-state index contributed by atoms with van der Waals surface area (Å²) in [7, 11) is 0. The van der Waals surface area contributed by atoms with E-state index in [0.717, 1.165) is 12.1 Å². The molecule has 1 heterocycles. The molecular formula is C15H21NO. The van der Waals surface area contributed by atoms with E-state index in [1.54, 1.807) is 0 Å². The third-order valence-electron chi connectivity index (χ3n) is 3.05. The van der Waals surface area contributed by atoms with Gasteiger partial charge in [-0.1, -0.05) is 33.8 Å². The van der Waals surface area contributed by atoms with Gasteiger partial charge in [0.05, 0.1) is 6.26 Å². The lowest BCUT2D eigenvalue weighted by Gasteiger charge is -2.08. The third-order valence-corrected chi connectivity index (χ3v) is 3.05. The molecule has 0 bridgehead atoms. The minimum atomic E-state index is 0.494. The molecule has 2 aromatic rings. The summed E-state index contributed by atoms with van der Waals surface area (Å²) in [4.78, 5) is 0. The molecule has 0 saturated carbocycles. The van der Waals surface area contributed by atoms with Crippen LogP contribution >= 0.6 is 0 Å². The van der Waals surface area contributed by atoms with Gasteiger partial charge in [-0.3, -0.25) is 0 Å². The molecule has 0 radical (unpaired) electrons. The van der Waals surface area contributed by atoms with Crippen LogP contribution in [0.15, 0.2) is 28.9 Å². The Morgan fingerprint density at radius 2 is 1.94 bits per heavy atom. The number of rotatable bonds is 4. The van der Waals surface area contributed by atoms with E-state index < -0.39 is 0 Å². The average Bonchev–Trinajstić information content (AvgIpc) is 2.68. The van der Waals surface area contributed by atoms with Gasteiger partial charge in [-0.15, -0.1) is 0 Å². The van der Waals surface area contributed by atoms with Crippen LogP contribution in [0.1, 0.15) is 44.7 Å². The van der Waals surface area contributed by atoms with Crippen LogP contribution in [0.3, 0.4) is 0 Å². The molecule has 0 atom stereocenters. The molecule has 0 aliphatic carbocycles. The normalized spacial score (nSPS) is 11.9. The van der Waals surface area contributed by atoms with Gasteiger partial charge in [0, 0.05) is 23.5 Å². The summed E-state index contributed by atoms with van der Waals surface area (Å²) in [6, 6.07) is 6.97. The Labute approximate surface area is 103 Å². The molecule has 2 rings (SSSR count). The number of fused-ring (bicyclic) bond motifs is 1. The maximum Gasteiger partial charge on any atom is 0.134 e. The molecule has 0 amide bonds. The van der Waals surface area contributed by atoms with E-state index in [2.05, 4.69) is 51.2 Å². The first kappa shape index (κ1) is 12.2. The predicted molar refractivity (Wildman–Crippen MR) is 72.3 cm³/mol. The zero-order valence-corrected chi connectivity index (χ0v) is 11.1. The largest absolute Gasteiger partial charge is 0.464 e. The van der Waals surface area contributed by atoms with Crippen molar-refractivity contribution in [2.75, 3.05) is 0 Å². The minimum Gasteiger partial charge on any atom is -0.464 e. The van der Waals surface area contributed by atoms with Crippen LogP contribution < -0.4 is 5.32 Å². The third kappa shape index (κ3) is 2.70. The summed E-state index contributed by atoms with van der Waals surface area (Å²) in [6.07, 6.45) is 1.87. The van der Waals surface area contributed by atoms with Crippen molar-refractivity contribution in [3.63, 3.8) is 0 Å². The van der Waals surface area contributed by atoms with Gasteiger partial charge >= 0.3 is 0 Å². The maximum absolute atomic E-state index is 5.58. The standard InChI is InChI=1S/C15H21NO/c1-10(2)12-5-6-15-14(7-12)13(9-17-15)8-16-11(3)4/h5-7,9-11,16H,8H2,1-4H3. The lowest BCUT2D eigenvalue weighted by atomic mass is 10.0. The van der Waals surface area contributed by atoms with Crippen molar-refractivity contribution in [1.82, 2.24) is 5.32 Å². The van der Waals surface area contributed by atoms with Crippen molar-refractivity contribution in [2.45, 2.75) is 46.2 Å². The van der Waals surface area contributed by atoms with Crippen molar-refractivity contribution < 1.29 is 4.42 Å². The summed E-state index contributed by atoms with van der Waals surface area (Å²) in [5.74, 6) is 0.556. The fourth-order valence-corrected chi connectivity index (χ4v) is 1.91. The second kappa shape index (κ2) is 4.92. The van der Waals surface area contributed by atoms with E-state index in [9.17, 15) is 0 Å². The van der Waals surface area contributed by atoms with E-state index in [0.29, 0.717) is 12.0 Å². The summed E-state index contributed by atoms with van der Waals surface area (Å²) in [6.45, 7) is 9.61. The van der Waals surface area contributed by atoms with Crippen LogP contribution in [0, 0.1) is 0 Å². The summed E-state index contributed by atoms with van der Waals surface area (Å²) >= 11 is 0. The molecular weight excluding hydrogens is 210 g/mol. The Bertz CT molecular complexity index is 497. The van der Waals surface area contributed by atoms with Crippen LogP contribution in [-0.4, -0.2) is 6.04 Å². The Morgan fingerprint density at radius 3 is 2.59 bits per heavy atom. The fraction of sp³-hybridized carbons (Fsp3) is 0.467. The van der Waals surface area contributed by atoms with Crippen molar-refractivity contribution >= 4 is 11.0 Å². The van der Waals surface area contributed by atoms with Crippen LogP contribution in [-0.2, 0) is 6.54 Å². The van der Waals surface area contributed by atoms with Gasteiger partial charge in [-0.25, -0.2) is 0 Å². The molecule has 0 spiro atoms. The van der Waals surface area contributed by atoms with Gasteiger partial charge in [0.25, 0.3) is 0 Å². The molecule has 0 aliphatic heterocycles. The van der Waals surface area contributed by atoms with Crippen LogP contribution in [0.4, 0.5) is 0 Å². The minimum absolute atomic E-state index is 0.494. The average molecular weight is 231 g/mol. The van der Waals surface area contributed by atoms with Crippen LogP contribution in [0.5, 0.6) is 0 Å². The molecule has 0 unspecified atom stereocenters. The lowest BCUT2D eigenvalue weighted by molar-refractivity contribution is 0.572. The molecule has 2 heteroatoms. The first-order valence-electron chi connectivity index (χ1n) is 6.31. The van der Waals surface area contributed by atoms with Gasteiger partial charge in [0.15, 0.2) is 0 Å². The number of nitrogens with one attached hydrogen (secondary N) is 1. The molecule has 1 aromatic carbocycles. The molecule has 2 nitrogen and oxygen atoms in total. The summed E-state index contributed by atoms with van der Waals surface area (Å²) in [5.41, 5.74) is 3.59. The highest BCUT2D eigenvalue weighted by atomic mass is 16.3. The van der Waals surface area contributed by atoms with Crippen LogP contribution in [0.25, 0.3) is 11.0 Å². The Kier molecular flexibility index (Phi) is 3.53. The number of furan rings is 1. The predicted octanol–water partition coefficient (Wildman–Crippen LogP) is 4.05. The zero-order valence-electron chi connectivity index (χ0n) is 11.1. The molecule has 17 heavy (non-hydrogen) atoms. The molecule has 1 N–H and O–H groups in total. The number of benzene rings is 1. The Balaban J connectivity index is 2.33. The van der Waals surface area contributed by atoms with Crippen molar-refractivity contribution in [1.29, 1.82) is 0 Å². The van der Waals surface area contributed by atoms with Gasteiger partial charge in [0.2, 0.25) is 0 Å². The highest BCUT2D eigenvalue weighted by Crippen LogP contribution is 2.25. The molecule has 0 fully saturated rings. The smallest absolute Gasteiger partial charge is 0.134 e. The quantitative estimate of drug-likeness (QED) is 0.858. The van der Waals surface area contributed by atoms with Crippen molar-refractivity contribution in [3.05, 3.63) is 35.6 Å². The second-order valence-corrected chi connectivity index (χ2v) is 5.21. The highest BCUT2D eigenvalue weighted by molar-refractivity contribution is 5.81. The van der Waals surface area contributed by atoms with Gasteiger partial charge in [-0.2, -0.15) is 0 Å². The number of hydrogen-bond donors (Lipinski definition) is 1. The topological polar surface area (TPSA) is 25.2 Å². The van der Waals surface area contributed by atoms with Crippen molar-refractivity contribution in [2.24, 2.45) is 0 Å². The van der Waals surface area contributed by atoms with E-state index >= 15 is 0 Å². The van der Waals surface area contributed by atoms with Crippen LogP contribution in [0.2, 0.25) is 0 Å². The summed E-state index contributed by atoms with van der Waals surface area (Å²) in [5, 5.41) is 4.67. The van der Waals surface area contributed by atoms with Gasteiger partial charge in [-0.05, 0) is 23.6 Å². The number of hydrogen-bond acceptors (Lipinski definition) is 2. The summed E-state index contributed by atoms with van der Waals surface area (Å²) < 4.78 is 5.58. The molecule has 0 saturated heterocycles. The monoisotopic (exact) mass is 231 g/mol. The SMILES string of the molecule is CC(C)NCc1coc2ccc(C(C)C)cc12. The second-order valence-electron chi connectivity index (χ2n) is 5.21. The van der Waals surface area contributed by atoms with Crippen molar-refractivity contribution in [3.8, 4) is 0 Å².